The lowest BCUT2D eigenvalue weighted by atomic mass is 10.4. The lowest BCUT2D eigenvalue weighted by molar-refractivity contribution is 0.509. The lowest BCUT2D eigenvalue weighted by Gasteiger charge is -2.17. The van der Waals surface area contributed by atoms with Gasteiger partial charge in [0.15, 0.2) is 10.9 Å². The van der Waals surface area contributed by atoms with Crippen LogP contribution < -0.4 is 5.43 Å². The number of hydrazone groups is 1. The van der Waals surface area contributed by atoms with Crippen molar-refractivity contribution in [2.75, 3.05) is 13.1 Å². The number of hydrogen-bond acceptors (Lipinski definition) is 3. The molecule has 1 aliphatic heterocycles. The normalized spacial score (nSPS) is 16.6. The Labute approximate surface area is 99.9 Å². The van der Waals surface area contributed by atoms with Crippen LogP contribution in [0.2, 0.25) is 0 Å². The van der Waals surface area contributed by atoms with Gasteiger partial charge in [0.1, 0.15) is 5.71 Å². The first kappa shape index (κ1) is 11.1. The lowest BCUT2D eigenvalue weighted by Crippen LogP contribution is -2.35. The fourth-order valence-electron chi connectivity index (χ4n) is 1.64. The second kappa shape index (κ2) is 5.07. The maximum Gasteiger partial charge on any atom is 0.189 e. The zero-order valence-electron chi connectivity index (χ0n) is 9.23. The van der Waals surface area contributed by atoms with Crippen LogP contribution in [0.5, 0.6) is 0 Å². The fourth-order valence-corrected chi connectivity index (χ4v) is 1.87. The molecule has 0 aromatic carbocycles. The standard InChI is InChI=1S/C10H15N5S/c1-8(9-11-4-5-12-9)13-14-10(16)15-6-2-3-7-15/h4-5H,2-3,6-7H2,1H3,(H,11,12)(H,14,16)/b13-8+. The largest absolute Gasteiger partial charge is 0.348 e. The summed E-state index contributed by atoms with van der Waals surface area (Å²) in [4.78, 5) is 9.23. The number of likely N-dealkylation sites (tertiary alicyclic amines) is 1. The van der Waals surface area contributed by atoms with Crippen molar-refractivity contribution in [2.45, 2.75) is 19.8 Å². The number of aromatic nitrogens is 2. The topological polar surface area (TPSA) is 56.3 Å². The third-order valence-electron chi connectivity index (χ3n) is 2.55. The predicted octanol–water partition coefficient (Wildman–Crippen LogP) is 1.10. The summed E-state index contributed by atoms with van der Waals surface area (Å²) in [6.07, 6.45) is 5.89. The highest BCUT2D eigenvalue weighted by atomic mass is 32.1. The Kier molecular flexibility index (Phi) is 3.51. The average molecular weight is 237 g/mol. The van der Waals surface area contributed by atoms with Crippen molar-refractivity contribution in [1.82, 2.24) is 20.3 Å². The molecule has 0 amide bonds. The van der Waals surface area contributed by atoms with Crippen molar-refractivity contribution in [2.24, 2.45) is 5.10 Å². The van der Waals surface area contributed by atoms with Gasteiger partial charge in [-0.3, -0.25) is 5.43 Å². The molecular weight excluding hydrogens is 222 g/mol. The van der Waals surface area contributed by atoms with E-state index in [1.807, 2.05) is 6.92 Å². The molecule has 2 N–H and O–H groups in total. The molecule has 0 unspecified atom stereocenters. The summed E-state index contributed by atoms with van der Waals surface area (Å²) in [7, 11) is 0. The van der Waals surface area contributed by atoms with Gasteiger partial charge in [-0.05, 0) is 32.0 Å². The zero-order chi connectivity index (χ0) is 11.4. The first-order valence-corrected chi connectivity index (χ1v) is 5.77. The summed E-state index contributed by atoms with van der Waals surface area (Å²) in [6, 6.07) is 0. The minimum atomic E-state index is 0.698. The number of thiocarbonyl (C=S) groups is 1. The van der Waals surface area contributed by atoms with Crippen LogP contribution in [0.25, 0.3) is 0 Å². The van der Waals surface area contributed by atoms with Gasteiger partial charge in [-0.2, -0.15) is 5.10 Å². The molecule has 0 bridgehead atoms. The van der Waals surface area contributed by atoms with Crippen molar-refractivity contribution in [1.29, 1.82) is 0 Å². The van der Waals surface area contributed by atoms with Crippen molar-refractivity contribution in [3.63, 3.8) is 0 Å². The minimum Gasteiger partial charge on any atom is -0.348 e. The van der Waals surface area contributed by atoms with Crippen molar-refractivity contribution >= 4 is 23.0 Å². The summed E-state index contributed by atoms with van der Waals surface area (Å²) in [5, 5.41) is 4.90. The van der Waals surface area contributed by atoms with Crippen molar-refractivity contribution in [3.05, 3.63) is 18.2 Å². The zero-order valence-corrected chi connectivity index (χ0v) is 10.0. The number of nitrogens with one attached hydrogen (secondary N) is 2. The number of nitrogens with zero attached hydrogens (tertiary/aromatic N) is 3. The van der Waals surface area contributed by atoms with Crippen LogP contribution in [0.15, 0.2) is 17.5 Å². The third kappa shape index (κ3) is 2.57. The van der Waals surface area contributed by atoms with Gasteiger partial charge in [-0.25, -0.2) is 4.98 Å². The van der Waals surface area contributed by atoms with Gasteiger partial charge in [0.05, 0.1) is 0 Å². The molecule has 1 fully saturated rings. The Bertz CT molecular complexity index is 378. The highest BCUT2D eigenvalue weighted by Gasteiger charge is 2.14. The van der Waals surface area contributed by atoms with Gasteiger partial charge in [-0.1, -0.05) is 0 Å². The molecule has 0 radical (unpaired) electrons. The van der Waals surface area contributed by atoms with Crippen LogP contribution in [0, 0.1) is 0 Å². The molecule has 16 heavy (non-hydrogen) atoms. The number of H-pyrrole nitrogens is 1. The second-order valence-electron chi connectivity index (χ2n) is 3.75. The molecule has 86 valence electrons. The summed E-state index contributed by atoms with van der Waals surface area (Å²) < 4.78 is 0. The number of aromatic amines is 1. The molecule has 0 saturated carbocycles. The molecule has 6 heteroatoms. The van der Waals surface area contributed by atoms with Gasteiger partial charge in [0.2, 0.25) is 0 Å². The molecule has 5 nitrogen and oxygen atoms in total. The SMILES string of the molecule is C/C(=N\NC(=S)N1CCCC1)c1ncc[nH]1. The van der Waals surface area contributed by atoms with Crippen LogP contribution in [0.1, 0.15) is 25.6 Å². The monoisotopic (exact) mass is 237 g/mol. The highest BCUT2D eigenvalue weighted by molar-refractivity contribution is 7.80. The Balaban J connectivity index is 1.90. The summed E-state index contributed by atoms with van der Waals surface area (Å²) in [5.74, 6) is 0.761. The Morgan fingerprint density at radius 1 is 1.56 bits per heavy atom. The molecule has 0 atom stereocenters. The van der Waals surface area contributed by atoms with Crippen LogP contribution in [0.4, 0.5) is 0 Å². The third-order valence-corrected chi connectivity index (χ3v) is 2.90. The molecule has 1 aromatic heterocycles. The maximum absolute atomic E-state index is 5.24. The van der Waals surface area contributed by atoms with Crippen molar-refractivity contribution < 1.29 is 0 Å². The van der Waals surface area contributed by atoms with Gasteiger partial charge < -0.3 is 9.88 Å². The van der Waals surface area contributed by atoms with Gasteiger partial charge >= 0.3 is 0 Å². The molecule has 1 aromatic rings. The van der Waals surface area contributed by atoms with Crippen LogP contribution in [-0.4, -0.2) is 38.8 Å². The van der Waals surface area contributed by atoms with E-state index in [-0.39, 0.29) is 0 Å². The molecular formula is C10H15N5S. The molecule has 1 aliphatic rings. The summed E-state index contributed by atoms with van der Waals surface area (Å²) >= 11 is 5.24. The first-order chi connectivity index (χ1) is 7.77. The van der Waals surface area contributed by atoms with E-state index in [4.69, 9.17) is 12.2 Å². The van der Waals surface area contributed by atoms with E-state index in [1.54, 1.807) is 12.4 Å². The van der Waals surface area contributed by atoms with E-state index >= 15 is 0 Å². The Hall–Kier alpha value is -1.43. The van der Waals surface area contributed by atoms with Crippen LogP contribution in [-0.2, 0) is 0 Å². The van der Waals surface area contributed by atoms with Crippen LogP contribution >= 0.6 is 12.2 Å². The van der Waals surface area contributed by atoms with Crippen molar-refractivity contribution in [3.8, 4) is 0 Å². The Morgan fingerprint density at radius 3 is 2.94 bits per heavy atom. The number of rotatable bonds is 2. The predicted molar refractivity (Wildman–Crippen MR) is 67.3 cm³/mol. The Morgan fingerprint density at radius 2 is 2.31 bits per heavy atom. The fraction of sp³-hybridized carbons (Fsp3) is 0.500. The number of hydrogen-bond donors (Lipinski definition) is 2. The molecule has 0 aliphatic carbocycles. The summed E-state index contributed by atoms with van der Waals surface area (Å²) in [5.41, 5.74) is 3.70. The summed E-state index contributed by atoms with van der Waals surface area (Å²) in [6.45, 7) is 3.95. The van der Waals surface area contributed by atoms with E-state index in [1.165, 1.54) is 12.8 Å². The van der Waals surface area contributed by atoms with E-state index < -0.39 is 0 Å². The molecule has 2 rings (SSSR count). The van der Waals surface area contributed by atoms with E-state index in [0.717, 1.165) is 24.6 Å². The molecule has 2 heterocycles. The number of imidazole rings is 1. The minimum absolute atomic E-state index is 0.698. The van der Waals surface area contributed by atoms with Gasteiger partial charge in [-0.15, -0.1) is 0 Å². The van der Waals surface area contributed by atoms with Crippen LogP contribution in [0.3, 0.4) is 0 Å². The quantitative estimate of drug-likeness (QED) is 0.459. The van der Waals surface area contributed by atoms with Gasteiger partial charge in [0.25, 0.3) is 0 Å². The maximum atomic E-state index is 5.24. The molecule has 1 saturated heterocycles. The van der Waals surface area contributed by atoms with E-state index in [2.05, 4.69) is 25.4 Å². The average Bonchev–Trinajstić information content (AvgIpc) is 2.95. The second-order valence-corrected chi connectivity index (χ2v) is 4.13. The van der Waals surface area contributed by atoms with E-state index in [0.29, 0.717) is 5.11 Å². The van der Waals surface area contributed by atoms with Gasteiger partial charge in [0, 0.05) is 25.5 Å². The first-order valence-electron chi connectivity index (χ1n) is 5.36. The highest BCUT2D eigenvalue weighted by Crippen LogP contribution is 2.07. The van der Waals surface area contributed by atoms with E-state index in [9.17, 15) is 0 Å². The smallest absolute Gasteiger partial charge is 0.189 e. The molecule has 0 spiro atoms.